The fourth-order valence-electron chi connectivity index (χ4n) is 0.958. The van der Waals surface area contributed by atoms with Crippen molar-refractivity contribution in [2.45, 2.75) is 5.03 Å². The van der Waals surface area contributed by atoms with Crippen LogP contribution in [-0.4, -0.2) is 25.9 Å². The van der Waals surface area contributed by atoms with Crippen molar-refractivity contribution in [1.29, 1.82) is 5.26 Å². The number of hydrogen-bond acceptors (Lipinski definition) is 5. The second-order valence-electron chi connectivity index (χ2n) is 2.26. The molecule has 0 saturated carbocycles. The first-order chi connectivity index (χ1) is 6.42. The Morgan fingerprint density at radius 1 is 1.54 bits per heavy atom. The minimum atomic E-state index is 0.386. The van der Waals surface area contributed by atoms with E-state index < -0.39 is 0 Å². The van der Waals surface area contributed by atoms with Crippen molar-refractivity contribution in [2.75, 3.05) is 5.75 Å². The summed E-state index contributed by atoms with van der Waals surface area (Å²) < 4.78 is 0. The molecule has 0 amide bonds. The van der Waals surface area contributed by atoms with Crippen LogP contribution in [0.25, 0.3) is 11.0 Å². The maximum absolute atomic E-state index is 8.41. The van der Waals surface area contributed by atoms with Crippen molar-refractivity contribution < 1.29 is 0 Å². The molecule has 64 valence electrons. The summed E-state index contributed by atoms with van der Waals surface area (Å²) in [5, 5.41) is 16.7. The Labute approximate surface area is 78.2 Å². The first-order valence-electron chi connectivity index (χ1n) is 3.55. The van der Waals surface area contributed by atoms with E-state index in [0.717, 1.165) is 10.4 Å². The fourth-order valence-corrected chi connectivity index (χ4v) is 1.59. The Morgan fingerprint density at radius 3 is 3.31 bits per heavy atom. The third kappa shape index (κ3) is 1.46. The fraction of sp³-hybridized carbons (Fsp3) is 0.143. The average Bonchev–Trinajstić information content (AvgIpc) is 2.62. The molecule has 0 unspecified atom stereocenters. The minimum absolute atomic E-state index is 0.386. The van der Waals surface area contributed by atoms with Gasteiger partial charge in [0.1, 0.15) is 11.4 Å². The van der Waals surface area contributed by atoms with Crippen LogP contribution in [0.4, 0.5) is 0 Å². The molecule has 2 heterocycles. The number of H-pyrrole nitrogens is 1. The predicted molar refractivity (Wildman–Crippen MR) is 48.0 cm³/mol. The topological polar surface area (TPSA) is 78.2 Å². The maximum atomic E-state index is 8.41. The highest BCUT2D eigenvalue weighted by molar-refractivity contribution is 7.99. The Bertz CT molecular complexity index is 457. The lowest BCUT2D eigenvalue weighted by molar-refractivity contribution is 1.07. The quantitative estimate of drug-likeness (QED) is 0.565. The Balaban J connectivity index is 2.44. The summed E-state index contributed by atoms with van der Waals surface area (Å²) in [6, 6.07) is 2.05. The third-order valence-corrected chi connectivity index (χ3v) is 2.36. The molecule has 0 saturated heterocycles. The average molecular weight is 191 g/mol. The van der Waals surface area contributed by atoms with Gasteiger partial charge in [-0.3, -0.25) is 5.10 Å². The molecule has 2 rings (SSSR count). The van der Waals surface area contributed by atoms with Gasteiger partial charge in [0.25, 0.3) is 0 Å². The van der Waals surface area contributed by atoms with Crippen LogP contribution < -0.4 is 0 Å². The van der Waals surface area contributed by atoms with Crippen LogP contribution in [0.3, 0.4) is 0 Å². The summed E-state index contributed by atoms with van der Waals surface area (Å²) in [6.45, 7) is 0. The van der Waals surface area contributed by atoms with Crippen LogP contribution in [0.1, 0.15) is 0 Å². The van der Waals surface area contributed by atoms with E-state index in [2.05, 4.69) is 20.2 Å². The van der Waals surface area contributed by atoms with Crippen molar-refractivity contribution in [3.8, 4) is 6.07 Å². The van der Waals surface area contributed by atoms with Gasteiger partial charge in [-0.2, -0.15) is 10.4 Å². The molecule has 0 spiro atoms. The van der Waals surface area contributed by atoms with E-state index in [1.54, 1.807) is 6.20 Å². The first kappa shape index (κ1) is 8.01. The van der Waals surface area contributed by atoms with Crippen LogP contribution in [-0.2, 0) is 0 Å². The molecule has 13 heavy (non-hydrogen) atoms. The minimum Gasteiger partial charge on any atom is -0.261 e. The highest BCUT2D eigenvalue weighted by atomic mass is 32.2. The van der Waals surface area contributed by atoms with Gasteiger partial charge < -0.3 is 0 Å². The molecule has 0 aromatic carbocycles. The smallest absolute Gasteiger partial charge is 0.159 e. The normalized spacial score (nSPS) is 10.1. The van der Waals surface area contributed by atoms with Crippen molar-refractivity contribution in [2.24, 2.45) is 0 Å². The molecule has 2 aromatic heterocycles. The van der Waals surface area contributed by atoms with Crippen LogP contribution in [0, 0.1) is 11.3 Å². The molecule has 0 aliphatic heterocycles. The van der Waals surface area contributed by atoms with Gasteiger partial charge >= 0.3 is 0 Å². The van der Waals surface area contributed by atoms with Crippen molar-refractivity contribution >= 4 is 22.8 Å². The zero-order chi connectivity index (χ0) is 9.10. The van der Waals surface area contributed by atoms with Crippen LogP contribution in [0.2, 0.25) is 0 Å². The number of hydrogen-bond donors (Lipinski definition) is 1. The van der Waals surface area contributed by atoms with E-state index >= 15 is 0 Å². The van der Waals surface area contributed by atoms with Gasteiger partial charge in [0.05, 0.1) is 23.4 Å². The molecule has 6 heteroatoms. The highest BCUT2D eigenvalue weighted by Gasteiger charge is 2.04. The van der Waals surface area contributed by atoms with Gasteiger partial charge in [0.15, 0.2) is 5.65 Å². The van der Waals surface area contributed by atoms with Gasteiger partial charge in [-0.05, 0) is 0 Å². The first-order valence-corrected chi connectivity index (χ1v) is 4.54. The standard InChI is InChI=1S/C7H5N5S/c8-1-2-13-7-5-3-11-12-6(5)9-4-10-7/h3-4H,2H2,(H,9,10,11,12). The van der Waals surface area contributed by atoms with Crippen LogP contribution in [0.15, 0.2) is 17.6 Å². The number of aromatic amines is 1. The number of thioether (sulfide) groups is 1. The lowest BCUT2D eigenvalue weighted by atomic mass is 10.4. The third-order valence-electron chi connectivity index (χ3n) is 1.48. The summed E-state index contributed by atoms with van der Waals surface area (Å²) in [5.74, 6) is 0.386. The maximum Gasteiger partial charge on any atom is 0.159 e. The molecular formula is C7H5N5S. The lowest BCUT2D eigenvalue weighted by Gasteiger charge is -1.95. The zero-order valence-corrected chi connectivity index (χ0v) is 7.38. The number of nitrogens with zero attached hydrogens (tertiary/aromatic N) is 4. The van der Waals surface area contributed by atoms with Gasteiger partial charge in [-0.15, -0.1) is 0 Å². The molecule has 0 aliphatic carbocycles. The molecule has 0 fully saturated rings. The summed E-state index contributed by atoms with van der Waals surface area (Å²) in [6.07, 6.45) is 3.12. The van der Waals surface area contributed by atoms with Gasteiger partial charge in [0.2, 0.25) is 0 Å². The molecular weight excluding hydrogens is 186 g/mol. The van der Waals surface area contributed by atoms with Crippen LogP contribution >= 0.6 is 11.8 Å². The Morgan fingerprint density at radius 2 is 2.46 bits per heavy atom. The highest BCUT2D eigenvalue weighted by Crippen LogP contribution is 2.21. The zero-order valence-electron chi connectivity index (χ0n) is 6.56. The summed E-state index contributed by atoms with van der Waals surface area (Å²) >= 11 is 1.38. The Kier molecular flexibility index (Phi) is 2.10. The molecule has 0 bridgehead atoms. The van der Waals surface area contributed by atoms with E-state index in [1.165, 1.54) is 18.1 Å². The molecule has 0 radical (unpaired) electrons. The SMILES string of the molecule is N#CCSc1ncnc2[nH]ncc12. The number of aromatic nitrogens is 4. The summed E-state index contributed by atoms with van der Waals surface area (Å²) in [5.41, 5.74) is 0.704. The van der Waals surface area contributed by atoms with E-state index in [1.807, 2.05) is 6.07 Å². The van der Waals surface area contributed by atoms with E-state index in [-0.39, 0.29) is 0 Å². The molecule has 2 aromatic rings. The largest absolute Gasteiger partial charge is 0.261 e. The molecule has 5 nitrogen and oxygen atoms in total. The van der Waals surface area contributed by atoms with Crippen molar-refractivity contribution in [3.63, 3.8) is 0 Å². The van der Waals surface area contributed by atoms with E-state index in [0.29, 0.717) is 11.4 Å². The van der Waals surface area contributed by atoms with E-state index in [9.17, 15) is 0 Å². The lowest BCUT2D eigenvalue weighted by Crippen LogP contribution is -1.84. The number of fused-ring (bicyclic) bond motifs is 1. The summed E-state index contributed by atoms with van der Waals surface area (Å²) in [4.78, 5) is 8.04. The monoisotopic (exact) mass is 191 g/mol. The second kappa shape index (κ2) is 3.41. The second-order valence-corrected chi connectivity index (χ2v) is 3.22. The molecule has 0 atom stereocenters. The molecule has 0 aliphatic rings. The molecule has 1 N–H and O–H groups in total. The summed E-state index contributed by atoms with van der Waals surface area (Å²) in [7, 11) is 0. The Hall–Kier alpha value is -1.61. The van der Waals surface area contributed by atoms with Gasteiger partial charge in [-0.25, -0.2) is 9.97 Å². The van der Waals surface area contributed by atoms with E-state index in [4.69, 9.17) is 5.26 Å². The number of rotatable bonds is 2. The number of nitriles is 1. The number of nitrogens with one attached hydrogen (secondary N) is 1. The van der Waals surface area contributed by atoms with Crippen LogP contribution in [0.5, 0.6) is 0 Å². The van der Waals surface area contributed by atoms with Gasteiger partial charge in [0, 0.05) is 0 Å². The van der Waals surface area contributed by atoms with Crippen molar-refractivity contribution in [1.82, 2.24) is 20.2 Å². The van der Waals surface area contributed by atoms with Gasteiger partial charge in [-0.1, -0.05) is 11.8 Å². The predicted octanol–water partition coefficient (Wildman–Crippen LogP) is 0.969. The van der Waals surface area contributed by atoms with Crippen molar-refractivity contribution in [3.05, 3.63) is 12.5 Å².